The summed E-state index contributed by atoms with van der Waals surface area (Å²) in [5.41, 5.74) is 2.48. The highest BCUT2D eigenvalue weighted by atomic mass is 16.5. The number of hydrogen-bond donors (Lipinski definition) is 0. The van der Waals surface area contributed by atoms with E-state index in [1.54, 1.807) is 0 Å². The summed E-state index contributed by atoms with van der Waals surface area (Å²) in [5.74, 6) is -0.0391. The van der Waals surface area contributed by atoms with Crippen molar-refractivity contribution in [2.24, 2.45) is 0 Å². The van der Waals surface area contributed by atoms with Gasteiger partial charge >= 0.3 is 5.97 Å². The molecule has 0 saturated heterocycles. The molecule has 0 bridgehead atoms. The van der Waals surface area contributed by atoms with E-state index >= 15 is 0 Å². The summed E-state index contributed by atoms with van der Waals surface area (Å²) < 4.78 is 5.82. The van der Waals surface area contributed by atoms with Gasteiger partial charge < -0.3 is 4.74 Å². The third kappa shape index (κ3) is 4.87. The molecular formula is C24H32O2. The third-order valence-electron chi connectivity index (χ3n) is 5.53. The van der Waals surface area contributed by atoms with E-state index in [4.69, 9.17) is 4.74 Å². The smallest absolute Gasteiger partial charge is 0.306 e. The predicted octanol–water partition coefficient (Wildman–Crippen LogP) is 6.90. The van der Waals surface area contributed by atoms with E-state index in [-0.39, 0.29) is 12.1 Å². The molecule has 140 valence electrons. The van der Waals surface area contributed by atoms with Crippen molar-refractivity contribution in [1.82, 2.24) is 0 Å². The van der Waals surface area contributed by atoms with Crippen LogP contribution in [0.2, 0.25) is 0 Å². The van der Waals surface area contributed by atoms with E-state index < -0.39 is 0 Å². The number of benzene rings is 2. The van der Waals surface area contributed by atoms with Gasteiger partial charge in [-0.25, -0.2) is 0 Å². The Bertz CT molecular complexity index is 714. The summed E-state index contributed by atoms with van der Waals surface area (Å²) in [5, 5.41) is 2.54. The summed E-state index contributed by atoms with van der Waals surface area (Å²) in [7, 11) is 0. The number of hydrogen-bond acceptors (Lipinski definition) is 2. The first-order valence-electron chi connectivity index (χ1n) is 10.5. The van der Waals surface area contributed by atoms with Gasteiger partial charge in [0, 0.05) is 18.4 Å². The molecule has 0 aliphatic heterocycles. The minimum absolute atomic E-state index is 0.0391. The molecule has 0 radical (unpaired) electrons. The first kappa shape index (κ1) is 18.9. The van der Waals surface area contributed by atoms with E-state index in [0.29, 0.717) is 6.42 Å². The largest absolute Gasteiger partial charge is 0.457 e. The molecule has 1 aliphatic rings. The monoisotopic (exact) mass is 352 g/mol. The topological polar surface area (TPSA) is 26.3 Å². The molecule has 2 aromatic carbocycles. The van der Waals surface area contributed by atoms with Crippen LogP contribution in [0.4, 0.5) is 0 Å². The van der Waals surface area contributed by atoms with Crippen LogP contribution in [0.5, 0.6) is 0 Å². The van der Waals surface area contributed by atoms with Crippen molar-refractivity contribution in [3.63, 3.8) is 0 Å². The second-order valence-electron chi connectivity index (χ2n) is 7.62. The fraction of sp³-hybridized carbons (Fsp3) is 0.542. The van der Waals surface area contributed by atoms with Crippen LogP contribution in [0.15, 0.2) is 36.4 Å². The Hall–Kier alpha value is -1.83. The van der Waals surface area contributed by atoms with Gasteiger partial charge in [0.1, 0.15) is 6.10 Å². The highest BCUT2D eigenvalue weighted by Crippen LogP contribution is 2.39. The molecule has 0 saturated carbocycles. The summed E-state index contributed by atoms with van der Waals surface area (Å²) in [6, 6.07) is 12.7. The minimum atomic E-state index is -0.0952. The van der Waals surface area contributed by atoms with Crippen LogP contribution < -0.4 is 0 Å². The normalized spacial score (nSPS) is 15.5. The van der Waals surface area contributed by atoms with Crippen LogP contribution in [-0.4, -0.2) is 5.97 Å². The molecule has 0 amide bonds. The van der Waals surface area contributed by atoms with Crippen molar-refractivity contribution in [1.29, 1.82) is 0 Å². The molecule has 0 spiro atoms. The number of esters is 1. The first-order valence-corrected chi connectivity index (χ1v) is 10.5. The molecule has 2 nitrogen and oxygen atoms in total. The Kier molecular flexibility index (Phi) is 7.11. The number of unbranched alkanes of at least 4 members (excludes halogenated alkanes) is 8. The minimum Gasteiger partial charge on any atom is -0.457 e. The van der Waals surface area contributed by atoms with Gasteiger partial charge in [0.15, 0.2) is 0 Å². The zero-order valence-corrected chi connectivity index (χ0v) is 16.1. The van der Waals surface area contributed by atoms with Gasteiger partial charge in [0.25, 0.3) is 0 Å². The SMILES string of the molecule is CCCCCCCCCCCC(=O)OC1Cc2cccc3cccc1c23. The molecule has 0 N–H and O–H groups in total. The third-order valence-corrected chi connectivity index (χ3v) is 5.53. The van der Waals surface area contributed by atoms with Gasteiger partial charge in [0.2, 0.25) is 0 Å². The van der Waals surface area contributed by atoms with Gasteiger partial charge in [-0.1, -0.05) is 94.7 Å². The Morgan fingerprint density at radius 2 is 1.58 bits per heavy atom. The van der Waals surface area contributed by atoms with E-state index in [1.165, 1.54) is 66.8 Å². The first-order chi connectivity index (χ1) is 12.8. The maximum Gasteiger partial charge on any atom is 0.306 e. The van der Waals surface area contributed by atoms with Crippen LogP contribution in [0.25, 0.3) is 10.8 Å². The number of carbonyl (C=O) groups excluding carboxylic acids is 1. The average molecular weight is 353 g/mol. The van der Waals surface area contributed by atoms with E-state index in [1.807, 2.05) is 0 Å². The maximum atomic E-state index is 12.3. The van der Waals surface area contributed by atoms with Crippen molar-refractivity contribution in [2.75, 3.05) is 0 Å². The molecule has 26 heavy (non-hydrogen) atoms. The molecule has 2 aromatic rings. The lowest BCUT2D eigenvalue weighted by molar-refractivity contribution is -0.149. The number of rotatable bonds is 11. The highest BCUT2D eigenvalue weighted by molar-refractivity contribution is 5.91. The molecule has 1 aliphatic carbocycles. The lowest BCUT2D eigenvalue weighted by Crippen LogP contribution is -2.10. The second-order valence-corrected chi connectivity index (χ2v) is 7.62. The molecule has 1 unspecified atom stereocenters. The molecule has 0 aromatic heterocycles. The second kappa shape index (κ2) is 9.75. The zero-order valence-electron chi connectivity index (χ0n) is 16.1. The molecule has 2 heteroatoms. The maximum absolute atomic E-state index is 12.3. The molecular weight excluding hydrogens is 320 g/mol. The van der Waals surface area contributed by atoms with Crippen LogP contribution in [0, 0.1) is 0 Å². The van der Waals surface area contributed by atoms with Crippen molar-refractivity contribution in [3.05, 3.63) is 47.5 Å². The van der Waals surface area contributed by atoms with Gasteiger partial charge in [-0.15, -0.1) is 0 Å². The Labute approximate surface area is 157 Å². The van der Waals surface area contributed by atoms with Crippen LogP contribution in [0.1, 0.15) is 88.4 Å². The van der Waals surface area contributed by atoms with Crippen molar-refractivity contribution < 1.29 is 9.53 Å². The van der Waals surface area contributed by atoms with E-state index in [0.717, 1.165) is 19.3 Å². The van der Waals surface area contributed by atoms with Gasteiger partial charge in [-0.3, -0.25) is 4.79 Å². The Morgan fingerprint density at radius 3 is 2.31 bits per heavy atom. The summed E-state index contributed by atoms with van der Waals surface area (Å²) in [6.45, 7) is 2.25. The average Bonchev–Trinajstić information content (AvgIpc) is 3.00. The summed E-state index contributed by atoms with van der Waals surface area (Å²) in [6.07, 6.45) is 12.7. The molecule has 3 rings (SSSR count). The quantitative estimate of drug-likeness (QED) is 0.325. The van der Waals surface area contributed by atoms with Crippen molar-refractivity contribution >= 4 is 16.7 Å². The van der Waals surface area contributed by atoms with E-state index in [2.05, 4.69) is 43.3 Å². The van der Waals surface area contributed by atoms with Crippen molar-refractivity contribution in [2.45, 2.75) is 83.7 Å². The number of carbonyl (C=O) groups is 1. The zero-order chi connectivity index (χ0) is 18.2. The molecule has 0 heterocycles. The highest BCUT2D eigenvalue weighted by Gasteiger charge is 2.26. The fourth-order valence-corrected chi connectivity index (χ4v) is 4.10. The van der Waals surface area contributed by atoms with Gasteiger partial charge in [0.05, 0.1) is 0 Å². The molecule has 1 atom stereocenters. The van der Waals surface area contributed by atoms with Crippen LogP contribution in [-0.2, 0) is 16.0 Å². The summed E-state index contributed by atoms with van der Waals surface area (Å²) >= 11 is 0. The Morgan fingerprint density at radius 1 is 0.923 bits per heavy atom. The number of ether oxygens (including phenoxy) is 1. The van der Waals surface area contributed by atoms with Crippen LogP contribution >= 0.6 is 0 Å². The molecule has 0 fully saturated rings. The predicted molar refractivity (Wildman–Crippen MR) is 108 cm³/mol. The lowest BCUT2D eigenvalue weighted by Gasteiger charge is -2.13. The van der Waals surface area contributed by atoms with Gasteiger partial charge in [-0.2, -0.15) is 0 Å². The van der Waals surface area contributed by atoms with Gasteiger partial charge in [-0.05, 0) is 22.8 Å². The Balaban J connectivity index is 1.36. The van der Waals surface area contributed by atoms with Crippen LogP contribution in [0.3, 0.4) is 0 Å². The lowest BCUT2D eigenvalue weighted by atomic mass is 10.1. The fourth-order valence-electron chi connectivity index (χ4n) is 4.10. The summed E-state index contributed by atoms with van der Waals surface area (Å²) in [4.78, 5) is 12.3. The van der Waals surface area contributed by atoms with Crippen molar-refractivity contribution in [3.8, 4) is 0 Å². The standard InChI is InChI=1S/C24H32O2/c1-2-3-4-5-6-7-8-9-10-17-23(25)26-22-18-20-15-11-13-19-14-12-16-21(22)24(19)20/h11-16,22H,2-10,17-18H2,1H3. The van der Waals surface area contributed by atoms with E-state index in [9.17, 15) is 4.79 Å².